The minimum absolute atomic E-state index is 0.137. The maximum atomic E-state index is 13.0. The van der Waals surface area contributed by atoms with E-state index in [1.165, 1.54) is 11.8 Å². The van der Waals surface area contributed by atoms with Gasteiger partial charge in [0.05, 0.1) is 5.56 Å². The number of fused-ring (bicyclic) bond motifs is 1. The molecular formula is C23H20ClN3O3S. The largest absolute Gasteiger partial charge is 0.489 e. The van der Waals surface area contributed by atoms with Crippen LogP contribution in [0.2, 0.25) is 5.02 Å². The number of aromatic nitrogens is 2. The fraction of sp³-hybridized carbons (Fsp3) is 0.174. The van der Waals surface area contributed by atoms with Crippen LogP contribution in [-0.4, -0.2) is 22.5 Å². The fourth-order valence-electron chi connectivity index (χ4n) is 3.49. The van der Waals surface area contributed by atoms with Crippen LogP contribution in [0.3, 0.4) is 0 Å². The molecule has 2 heterocycles. The third-order valence-corrected chi connectivity index (χ3v) is 6.19. The zero-order chi connectivity index (χ0) is 21.8. The summed E-state index contributed by atoms with van der Waals surface area (Å²) in [6.07, 6.45) is 1.79. The van der Waals surface area contributed by atoms with Crippen molar-refractivity contribution in [1.29, 1.82) is 0 Å². The summed E-state index contributed by atoms with van der Waals surface area (Å²) in [5.74, 6) is 0.784. The second kappa shape index (κ2) is 9.41. The van der Waals surface area contributed by atoms with Gasteiger partial charge in [-0.25, -0.2) is 4.98 Å². The van der Waals surface area contributed by atoms with E-state index in [2.05, 4.69) is 21.9 Å². The monoisotopic (exact) mass is 453 g/mol. The number of para-hydroxylation sites is 1. The highest BCUT2D eigenvalue weighted by Crippen LogP contribution is 2.38. The maximum absolute atomic E-state index is 13.0. The number of anilines is 1. The smallest absolute Gasteiger partial charge is 0.257 e. The van der Waals surface area contributed by atoms with E-state index in [9.17, 15) is 9.59 Å². The molecule has 0 fully saturated rings. The first kappa shape index (κ1) is 21.2. The molecule has 6 nitrogen and oxygen atoms in total. The molecule has 0 spiro atoms. The minimum Gasteiger partial charge on any atom is -0.489 e. The number of aromatic amines is 1. The minimum atomic E-state index is -0.455. The maximum Gasteiger partial charge on any atom is 0.257 e. The molecule has 1 aromatic heterocycles. The van der Waals surface area contributed by atoms with Crippen molar-refractivity contribution in [3.05, 3.63) is 93.3 Å². The molecular weight excluding hydrogens is 434 g/mol. The highest BCUT2D eigenvalue weighted by atomic mass is 35.5. The van der Waals surface area contributed by atoms with Crippen LogP contribution < -0.4 is 15.6 Å². The number of nitrogens with one attached hydrogen (secondary N) is 2. The highest BCUT2D eigenvalue weighted by Gasteiger charge is 2.32. The molecule has 2 N–H and O–H groups in total. The number of nitrogens with zero attached hydrogens (tertiary/aromatic N) is 1. The standard InChI is InChI=1S/C23H20ClN3O3S/c1-2-11-30-18-10-6-4-8-15(18)16-12-19(28)25-21-20(16)22(29)27-23(26-21)31-13-14-7-3-5-9-17(14)24/h2-10,16H,1,11-13H2,(H2,25,26,27,28,29). The summed E-state index contributed by atoms with van der Waals surface area (Å²) in [5, 5.41) is 3.82. The van der Waals surface area contributed by atoms with Gasteiger partial charge in [-0.15, -0.1) is 0 Å². The molecule has 1 aliphatic rings. The van der Waals surface area contributed by atoms with E-state index < -0.39 is 5.92 Å². The van der Waals surface area contributed by atoms with Crippen LogP contribution >= 0.6 is 23.4 Å². The zero-order valence-corrected chi connectivity index (χ0v) is 18.1. The molecule has 0 bridgehead atoms. The van der Waals surface area contributed by atoms with Crippen molar-refractivity contribution >= 4 is 35.1 Å². The van der Waals surface area contributed by atoms with Gasteiger partial charge >= 0.3 is 0 Å². The van der Waals surface area contributed by atoms with Crippen LogP contribution in [0.4, 0.5) is 5.82 Å². The number of carbonyl (C=O) groups is 1. The molecule has 4 rings (SSSR count). The molecule has 1 amide bonds. The summed E-state index contributed by atoms with van der Waals surface area (Å²) in [5.41, 5.74) is 1.85. The highest BCUT2D eigenvalue weighted by molar-refractivity contribution is 7.98. The third kappa shape index (κ3) is 4.68. The van der Waals surface area contributed by atoms with E-state index >= 15 is 0 Å². The lowest BCUT2D eigenvalue weighted by Crippen LogP contribution is -2.31. The number of amides is 1. The molecule has 0 radical (unpaired) electrons. The van der Waals surface area contributed by atoms with Crippen LogP contribution in [0, 0.1) is 0 Å². The molecule has 0 saturated heterocycles. The van der Waals surface area contributed by atoms with Crippen molar-refractivity contribution in [2.24, 2.45) is 0 Å². The van der Waals surface area contributed by atoms with E-state index in [-0.39, 0.29) is 23.7 Å². The lowest BCUT2D eigenvalue weighted by Gasteiger charge is -2.26. The van der Waals surface area contributed by atoms with Gasteiger partial charge in [-0.3, -0.25) is 9.59 Å². The number of H-pyrrole nitrogens is 1. The number of benzene rings is 2. The number of rotatable bonds is 7. The summed E-state index contributed by atoms with van der Waals surface area (Å²) in [4.78, 5) is 32.8. The van der Waals surface area contributed by atoms with Gasteiger partial charge in [0.1, 0.15) is 18.2 Å². The third-order valence-electron chi connectivity index (χ3n) is 4.90. The molecule has 3 aromatic rings. The Bertz CT molecular complexity index is 1190. The van der Waals surface area contributed by atoms with Gasteiger partial charge in [-0.1, -0.05) is 72.4 Å². The van der Waals surface area contributed by atoms with Crippen molar-refractivity contribution in [1.82, 2.24) is 9.97 Å². The topological polar surface area (TPSA) is 84.1 Å². The first-order valence-electron chi connectivity index (χ1n) is 9.69. The van der Waals surface area contributed by atoms with E-state index in [1.807, 2.05) is 48.5 Å². The fourth-order valence-corrected chi connectivity index (χ4v) is 4.64. The number of thioether (sulfide) groups is 1. The van der Waals surface area contributed by atoms with Crippen molar-refractivity contribution in [3.8, 4) is 5.75 Å². The predicted molar refractivity (Wildman–Crippen MR) is 123 cm³/mol. The average Bonchev–Trinajstić information content (AvgIpc) is 2.76. The van der Waals surface area contributed by atoms with Crippen LogP contribution in [0.1, 0.15) is 29.0 Å². The van der Waals surface area contributed by atoms with Gasteiger partial charge in [0.2, 0.25) is 5.91 Å². The van der Waals surface area contributed by atoms with Crippen LogP contribution in [0.15, 0.2) is 71.1 Å². The summed E-state index contributed by atoms with van der Waals surface area (Å²) >= 11 is 7.56. The molecule has 0 saturated carbocycles. The number of halogens is 1. The number of ether oxygens (including phenoxy) is 1. The Morgan fingerprint density at radius 1 is 1.19 bits per heavy atom. The summed E-state index contributed by atoms with van der Waals surface area (Å²) < 4.78 is 5.75. The lowest BCUT2D eigenvalue weighted by molar-refractivity contribution is -0.116. The lowest BCUT2D eigenvalue weighted by atomic mass is 9.86. The molecule has 0 aliphatic carbocycles. The quantitative estimate of drug-likeness (QED) is 0.306. The van der Waals surface area contributed by atoms with Gasteiger partial charge in [-0.05, 0) is 17.7 Å². The van der Waals surface area contributed by atoms with E-state index in [4.69, 9.17) is 16.3 Å². The van der Waals surface area contributed by atoms with E-state index in [0.29, 0.717) is 33.9 Å². The SMILES string of the molecule is C=CCOc1ccccc1C1CC(=O)Nc2nc(SCc3ccccc3Cl)[nH]c(=O)c21. The molecule has 158 valence electrons. The zero-order valence-electron chi connectivity index (χ0n) is 16.6. The molecule has 8 heteroatoms. The second-order valence-corrected chi connectivity index (χ2v) is 8.33. The van der Waals surface area contributed by atoms with Crippen LogP contribution in [-0.2, 0) is 10.5 Å². The Balaban J connectivity index is 1.67. The van der Waals surface area contributed by atoms with Gasteiger partial charge < -0.3 is 15.0 Å². The normalized spacial score (nSPS) is 15.1. The number of hydrogen-bond donors (Lipinski definition) is 2. The Morgan fingerprint density at radius 2 is 1.97 bits per heavy atom. The van der Waals surface area contributed by atoms with Crippen molar-refractivity contribution in [2.75, 3.05) is 11.9 Å². The summed E-state index contributed by atoms with van der Waals surface area (Å²) in [6, 6.07) is 14.9. The molecule has 1 atom stereocenters. The molecule has 1 aliphatic heterocycles. The summed E-state index contributed by atoms with van der Waals surface area (Å²) in [7, 11) is 0. The first-order chi connectivity index (χ1) is 15.1. The summed E-state index contributed by atoms with van der Waals surface area (Å²) in [6.45, 7) is 4.00. The predicted octanol–water partition coefficient (Wildman–Crippen LogP) is 4.75. The Labute approximate surface area is 188 Å². The Kier molecular flexibility index (Phi) is 6.44. The van der Waals surface area contributed by atoms with Gasteiger partial charge in [0.15, 0.2) is 5.16 Å². The van der Waals surface area contributed by atoms with Crippen molar-refractivity contribution in [3.63, 3.8) is 0 Å². The molecule has 1 unspecified atom stereocenters. The first-order valence-corrected chi connectivity index (χ1v) is 11.1. The van der Waals surface area contributed by atoms with Crippen molar-refractivity contribution in [2.45, 2.75) is 23.2 Å². The second-order valence-electron chi connectivity index (χ2n) is 6.96. The Hall–Kier alpha value is -3.03. The van der Waals surface area contributed by atoms with Gasteiger partial charge in [-0.2, -0.15) is 0 Å². The van der Waals surface area contributed by atoms with Gasteiger partial charge in [0.25, 0.3) is 5.56 Å². The van der Waals surface area contributed by atoms with Gasteiger partial charge in [0, 0.05) is 28.7 Å². The van der Waals surface area contributed by atoms with Crippen molar-refractivity contribution < 1.29 is 9.53 Å². The van der Waals surface area contributed by atoms with E-state index in [1.54, 1.807) is 6.08 Å². The number of carbonyl (C=O) groups excluding carboxylic acids is 1. The molecule has 2 aromatic carbocycles. The Morgan fingerprint density at radius 3 is 2.77 bits per heavy atom. The van der Waals surface area contributed by atoms with E-state index in [0.717, 1.165) is 11.1 Å². The number of hydrogen-bond acceptors (Lipinski definition) is 5. The average molecular weight is 454 g/mol. The molecule has 31 heavy (non-hydrogen) atoms. The van der Waals surface area contributed by atoms with Crippen LogP contribution in [0.5, 0.6) is 5.75 Å². The van der Waals surface area contributed by atoms with Crippen LogP contribution in [0.25, 0.3) is 0 Å².